The van der Waals surface area contributed by atoms with Crippen LogP contribution in [-0.4, -0.2) is 12.3 Å². The van der Waals surface area contributed by atoms with E-state index in [0.29, 0.717) is 5.57 Å². The van der Waals surface area contributed by atoms with Crippen LogP contribution in [0.4, 0.5) is 13.2 Å². The molecule has 0 spiro atoms. The van der Waals surface area contributed by atoms with Gasteiger partial charge in [-0.3, -0.25) is 0 Å². The van der Waals surface area contributed by atoms with Crippen molar-refractivity contribution >= 4 is 0 Å². The lowest BCUT2D eigenvalue weighted by molar-refractivity contribution is -0.0889. The molecule has 0 aromatic rings. The number of alkyl halides is 3. The molecule has 0 aromatic carbocycles. The topological polar surface area (TPSA) is 38.0 Å². The van der Waals surface area contributed by atoms with Gasteiger partial charge in [-0.05, 0) is 18.6 Å². The molecule has 2 nitrogen and oxygen atoms in total. The zero-order valence-electron chi connectivity index (χ0n) is 6.44. The first kappa shape index (κ1) is 9.12. The summed E-state index contributed by atoms with van der Waals surface area (Å²) >= 11 is 0. The van der Waals surface area contributed by atoms with E-state index in [9.17, 15) is 13.2 Å². The summed E-state index contributed by atoms with van der Waals surface area (Å²) in [7, 11) is 0. The summed E-state index contributed by atoms with van der Waals surface area (Å²) in [6.45, 7) is 1.55. The van der Waals surface area contributed by atoms with Crippen molar-refractivity contribution in [3.63, 3.8) is 0 Å². The Kier molecular flexibility index (Phi) is 2.14. The van der Waals surface area contributed by atoms with E-state index >= 15 is 0 Å². The minimum Gasteiger partial charge on any atom is -0.372 e. The van der Waals surface area contributed by atoms with Gasteiger partial charge in [0.05, 0.1) is 11.7 Å². The molecule has 0 bridgehead atoms. The van der Waals surface area contributed by atoms with Crippen LogP contribution >= 0.6 is 0 Å². The van der Waals surface area contributed by atoms with E-state index in [1.54, 1.807) is 6.92 Å². The second-order valence-electron chi connectivity index (χ2n) is 2.63. The molecule has 68 valence electrons. The molecule has 0 fully saturated rings. The van der Waals surface area contributed by atoms with E-state index in [1.165, 1.54) is 0 Å². The Morgan fingerprint density at radius 1 is 1.50 bits per heavy atom. The quantitative estimate of drug-likeness (QED) is 0.586. The number of rotatable bonds is 0. The molecule has 0 aliphatic carbocycles. The Hall–Kier alpha value is -0.970. The standard InChI is InChI=1S/C7H9F3N2/c1-4-2-5(7(8,9)10)3-12-6(4)11/h2-3,6,12H,11H2,1H3. The number of allylic oxidation sites excluding steroid dienone is 2. The Morgan fingerprint density at radius 3 is 2.50 bits per heavy atom. The highest BCUT2D eigenvalue weighted by molar-refractivity contribution is 5.32. The Morgan fingerprint density at radius 2 is 2.08 bits per heavy atom. The van der Waals surface area contributed by atoms with Crippen LogP contribution < -0.4 is 11.1 Å². The lowest BCUT2D eigenvalue weighted by Crippen LogP contribution is -2.38. The van der Waals surface area contributed by atoms with Gasteiger partial charge < -0.3 is 11.1 Å². The Balaban J connectivity index is 2.85. The molecule has 0 aromatic heterocycles. The number of nitrogens with two attached hydrogens (primary N) is 1. The van der Waals surface area contributed by atoms with Crippen molar-refractivity contribution in [3.05, 3.63) is 23.4 Å². The monoisotopic (exact) mass is 178 g/mol. The van der Waals surface area contributed by atoms with E-state index < -0.39 is 17.9 Å². The van der Waals surface area contributed by atoms with Crippen molar-refractivity contribution in [1.29, 1.82) is 0 Å². The predicted molar refractivity (Wildman–Crippen MR) is 39.0 cm³/mol. The van der Waals surface area contributed by atoms with E-state index in [2.05, 4.69) is 5.32 Å². The average molecular weight is 178 g/mol. The molecular weight excluding hydrogens is 169 g/mol. The fourth-order valence-electron chi connectivity index (χ4n) is 0.851. The van der Waals surface area contributed by atoms with Crippen LogP contribution in [-0.2, 0) is 0 Å². The Bertz CT molecular complexity index is 240. The van der Waals surface area contributed by atoms with Crippen molar-refractivity contribution in [3.8, 4) is 0 Å². The lowest BCUT2D eigenvalue weighted by atomic mass is 10.1. The van der Waals surface area contributed by atoms with Gasteiger partial charge in [0.2, 0.25) is 0 Å². The summed E-state index contributed by atoms with van der Waals surface area (Å²) < 4.78 is 36.1. The molecule has 1 atom stereocenters. The van der Waals surface area contributed by atoms with E-state index in [4.69, 9.17) is 5.73 Å². The van der Waals surface area contributed by atoms with Crippen LogP contribution in [0, 0.1) is 0 Å². The van der Waals surface area contributed by atoms with Crippen molar-refractivity contribution in [2.45, 2.75) is 19.3 Å². The third-order valence-electron chi connectivity index (χ3n) is 1.62. The maximum absolute atomic E-state index is 12.0. The lowest BCUT2D eigenvalue weighted by Gasteiger charge is -2.20. The first-order chi connectivity index (χ1) is 5.41. The van der Waals surface area contributed by atoms with E-state index in [1.807, 2.05) is 0 Å². The summed E-state index contributed by atoms with van der Waals surface area (Å²) in [5, 5.41) is 2.42. The Labute approximate surface area is 67.9 Å². The van der Waals surface area contributed by atoms with E-state index in [-0.39, 0.29) is 0 Å². The second kappa shape index (κ2) is 2.82. The molecule has 0 saturated heterocycles. The van der Waals surface area contributed by atoms with Crippen molar-refractivity contribution < 1.29 is 13.2 Å². The molecule has 3 N–H and O–H groups in total. The van der Waals surface area contributed by atoms with Crippen molar-refractivity contribution in [1.82, 2.24) is 5.32 Å². The third-order valence-corrected chi connectivity index (χ3v) is 1.62. The minimum atomic E-state index is -4.30. The van der Waals surface area contributed by atoms with Crippen LogP contribution in [0.2, 0.25) is 0 Å². The van der Waals surface area contributed by atoms with Gasteiger partial charge in [-0.25, -0.2) is 0 Å². The summed E-state index contributed by atoms with van der Waals surface area (Å²) in [5.41, 5.74) is 5.18. The SMILES string of the molecule is CC1=CC(C(F)(F)F)=CNC1N. The highest BCUT2D eigenvalue weighted by Gasteiger charge is 2.33. The van der Waals surface area contributed by atoms with Gasteiger partial charge in [0.1, 0.15) is 0 Å². The molecule has 12 heavy (non-hydrogen) atoms. The normalized spacial score (nSPS) is 24.2. The van der Waals surface area contributed by atoms with Gasteiger partial charge in [-0.1, -0.05) is 0 Å². The summed E-state index contributed by atoms with van der Waals surface area (Å²) in [6.07, 6.45) is -2.87. The van der Waals surface area contributed by atoms with Crippen molar-refractivity contribution in [2.75, 3.05) is 0 Å². The first-order valence-electron chi connectivity index (χ1n) is 3.38. The fraction of sp³-hybridized carbons (Fsp3) is 0.429. The number of dihydropyridines is 1. The van der Waals surface area contributed by atoms with Gasteiger partial charge >= 0.3 is 6.18 Å². The highest BCUT2D eigenvalue weighted by atomic mass is 19.4. The average Bonchev–Trinajstić information content (AvgIpc) is 1.92. The maximum Gasteiger partial charge on any atom is 0.417 e. The van der Waals surface area contributed by atoms with Crippen LogP contribution in [0.15, 0.2) is 23.4 Å². The van der Waals surface area contributed by atoms with Gasteiger partial charge in [0, 0.05) is 6.20 Å². The minimum absolute atomic E-state index is 0.477. The van der Waals surface area contributed by atoms with Gasteiger partial charge in [0.15, 0.2) is 0 Å². The smallest absolute Gasteiger partial charge is 0.372 e. The molecule has 1 unspecified atom stereocenters. The highest BCUT2D eigenvalue weighted by Crippen LogP contribution is 2.28. The molecule has 5 heteroatoms. The molecule has 1 aliphatic rings. The zero-order chi connectivity index (χ0) is 9.35. The van der Waals surface area contributed by atoms with Crippen LogP contribution in [0.25, 0.3) is 0 Å². The molecule has 0 amide bonds. The number of hydrogen-bond donors (Lipinski definition) is 2. The summed E-state index contributed by atoms with van der Waals surface area (Å²) in [5.74, 6) is 0. The van der Waals surface area contributed by atoms with Crippen LogP contribution in [0.3, 0.4) is 0 Å². The number of nitrogens with one attached hydrogen (secondary N) is 1. The van der Waals surface area contributed by atoms with Gasteiger partial charge in [0.25, 0.3) is 0 Å². The molecule has 1 aliphatic heterocycles. The molecule has 0 saturated carbocycles. The van der Waals surface area contributed by atoms with E-state index in [0.717, 1.165) is 12.3 Å². The maximum atomic E-state index is 12.0. The zero-order valence-corrected chi connectivity index (χ0v) is 6.44. The largest absolute Gasteiger partial charge is 0.417 e. The summed E-state index contributed by atoms with van der Waals surface area (Å²) in [6, 6.07) is 0. The number of halogens is 3. The van der Waals surface area contributed by atoms with Crippen molar-refractivity contribution in [2.24, 2.45) is 5.73 Å². The first-order valence-corrected chi connectivity index (χ1v) is 3.38. The van der Waals surface area contributed by atoms with Gasteiger partial charge in [-0.15, -0.1) is 0 Å². The molecule has 1 heterocycles. The molecular formula is C7H9F3N2. The number of hydrogen-bond acceptors (Lipinski definition) is 2. The molecule has 0 radical (unpaired) electrons. The second-order valence-corrected chi connectivity index (χ2v) is 2.63. The van der Waals surface area contributed by atoms with Gasteiger partial charge in [-0.2, -0.15) is 13.2 Å². The summed E-state index contributed by atoms with van der Waals surface area (Å²) in [4.78, 5) is 0. The molecule has 1 rings (SSSR count). The van der Waals surface area contributed by atoms with Crippen LogP contribution in [0.5, 0.6) is 0 Å². The predicted octanol–water partition coefficient (Wildman–Crippen LogP) is 1.27. The fourth-order valence-corrected chi connectivity index (χ4v) is 0.851. The third kappa shape index (κ3) is 1.79. The van der Waals surface area contributed by atoms with Crippen LogP contribution in [0.1, 0.15) is 6.92 Å².